The van der Waals surface area contributed by atoms with Gasteiger partial charge in [0.2, 0.25) is 5.95 Å². The summed E-state index contributed by atoms with van der Waals surface area (Å²) >= 11 is 0. The minimum atomic E-state index is -4.47. The second-order valence-corrected chi connectivity index (χ2v) is 5.74. The first-order valence-corrected chi connectivity index (χ1v) is 8.14. The van der Waals surface area contributed by atoms with Crippen molar-refractivity contribution in [1.82, 2.24) is 14.9 Å². The molecule has 1 aromatic rings. The summed E-state index contributed by atoms with van der Waals surface area (Å²) < 4.78 is 37.6. The van der Waals surface area contributed by atoms with Crippen LogP contribution >= 0.6 is 0 Å². The van der Waals surface area contributed by atoms with E-state index in [0.29, 0.717) is 26.2 Å². The smallest absolute Gasteiger partial charge is 0.386 e. The maximum Gasteiger partial charge on any atom is 0.419 e. The average Bonchev–Trinajstić information content (AvgIpc) is 2.64. The van der Waals surface area contributed by atoms with Crippen molar-refractivity contribution >= 4 is 18.1 Å². The van der Waals surface area contributed by atoms with Crippen LogP contribution in [0.5, 0.6) is 0 Å². The second-order valence-electron chi connectivity index (χ2n) is 5.74. The topological polar surface area (TPSA) is 96.9 Å². The molecule has 2 N–H and O–H groups in total. The lowest BCUT2D eigenvalue weighted by atomic mass is 10.3. The number of hydrogen-bond donors (Lipinski definition) is 1. The van der Waals surface area contributed by atoms with Crippen LogP contribution in [0.15, 0.2) is 17.5 Å². The Morgan fingerprint density at radius 2 is 1.96 bits per heavy atom. The number of aromatic nitrogens is 2. The van der Waals surface area contributed by atoms with Gasteiger partial charge < -0.3 is 20.4 Å². The Bertz CT molecular complexity index is 615. The first-order valence-electron chi connectivity index (χ1n) is 8.14. The maximum atomic E-state index is 12.5. The molecule has 1 saturated heterocycles. The van der Waals surface area contributed by atoms with Crippen LogP contribution in [0.25, 0.3) is 0 Å². The number of anilines is 1. The molecule has 1 unspecified atom stereocenters. The summed E-state index contributed by atoms with van der Waals surface area (Å²) in [7, 11) is 0. The van der Waals surface area contributed by atoms with E-state index >= 15 is 0 Å². The zero-order valence-corrected chi connectivity index (χ0v) is 14.3. The van der Waals surface area contributed by atoms with Crippen molar-refractivity contribution < 1.29 is 22.8 Å². The van der Waals surface area contributed by atoms with Crippen LogP contribution in [0, 0.1) is 0 Å². The SMILES string of the molecule is CCC(N)/C=N/OCC(=O)N1CCN(c2ncc(C(F)(F)F)cn2)CC1. The van der Waals surface area contributed by atoms with Crippen molar-refractivity contribution in [2.75, 3.05) is 37.7 Å². The van der Waals surface area contributed by atoms with Crippen molar-refractivity contribution in [3.63, 3.8) is 0 Å². The third kappa shape index (κ3) is 5.55. The van der Waals surface area contributed by atoms with E-state index in [9.17, 15) is 18.0 Å². The Kier molecular flexibility index (Phi) is 6.72. The van der Waals surface area contributed by atoms with Gasteiger partial charge >= 0.3 is 6.18 Å². The highest BCUT2D eigenvalue weighted by Crippen LogP contribution is 2.28. The van der Waals surface area contributed by atoms with Gasteiger partial charge in [-0.05, 0) is 6.42 Å². The molecule has 1 amide bonds. The fourth-order valence-electron chi connectivity index (χ4n) is 2.20. The van der Waals surface area contributed by atoms with Crippen LogP contribution in [0.1, 0.15) is 18.9 Å². The number of halogens is 3. The minimum absolute atomic E-state index is 0.191. The molecule has 11 heteroatoms. The Morgan fingerprint density at radius 1 is 1.35 bits per heavy atom. The summed E-state index contributed by atoms with van der Waals surface area (Å²) in [6.45, 7) is 3.34. The third-order valence-corrected chi connectivity index (χ3v) is 3.87. The van der Waals surface area contributed by atoms with Gasteiger partial charge in [-0.3, -0.25) is 4.79 Å². The number of oxime groups is 1. The van der Waals surface area contributed by atoms with E-state index in [-0.39, 0.29) is 24.5 Å². The summed E-state index contributed by atoms with van der Waals surface area (Å²) in [5, 5.41) is 3.65. The summed E-state index contributed by atoms with van der Waals surface area (Å²) in [6.07, 6.45) is -0.797. The Morgan fingerprint density at radius 3 is 2.50 bits per heavy atom. The lowest BCUT2D eigenvalue weighted by Gasteiger charge is -2.34. The molecule has 0 saturated carbocycles. The number of alkyl halides is 3. The van der Waals surface area contributed by atoms with Gasteiger partial charge in [0.15, 0.2) is 6.61 Å². The van der Waals surface area contributed by atoms with Gasteiger partial charge in [-0.1, -0.05) is 12.1 Å². The van der Waals surface area contributed by atoms with E-state index in [0.717, 1.165) is 18.8 Å². The lowest BCUT2D eigenvalue weighted by Crippen LogP contribution is -2.50. The average molecular weight is 374 g/mol. The number of carbonyl (C=O) groups excluding carboxylic acids is 1. The van der Waals surface area contributed by atoms with Gasteiger partial charge in [0, 0.05) is 44.6 Å². The van der Waals surface area contributed by atoms with Crippen LogP contribution in [0.2, 0.25) is 0 Å². The highest BCUT2D eigenvalue weighted by Gasteiger charge is 2.32. The van der Waals surface area contributed by atoms with E-state index in [1.54, 1.807) is 9.80 Å². The molecule has 1 aromatic heterocycles. The standard InChI is InChI=1S/C15H21F3N6O2/c1-2-12(19)9-22-26-10-13(25)23-3-5-24(6-4-23)14-20-7-11(8-21-14)15(16,17)18/h7-9,12H,2-6,10,19H2,1H3/b22-9+. The molecule has 1 aliphatic heterocycles. The van der Waals surface area contributed by atoms with Crippen molar-refractivity contribution in [2.24, 2.45) is 10.9 Å². The summed E-state index contributed by atoms with van der Waals surface area (Å²) in [5.74, 6) is -0.0142. The highest BCUT2D eigenvalue weighted by atomic mass is 19.4. The normalized spacial score (nSPS) is 16.8. The molecule has 0 spiro atoms. The Balaban J connectivity index is 1.79. The second kappa shape index (κ2) is 8.79. The van der Waals surface area contributed by atoms with Gasteiger partial charge in [-0.15, -0.1) is 0 Å². The van der Waals surface area contributed by atoms with Crippen LogP contribution in [0.3, 0.4) is 0 Å². The zero-order valence-electron chi connectivity index (χ0n) is 14.3. The molecule has 0 radical (unpaired) electrons. The van der Waals surface area contributed by atoms with Gasteiger partial charge in [0.25, 0.3) is 5.91 Å². The van der Waals surface area contributed by atoms with Gasteiger partial charge in [0.05, 0.1) is 11.8 Å². The Hall–Kier alpha value is -2.43. The highest BCUT2D eigenvalue weighted by molar-refractivity contribution is 5.77. The zero-order chi connectivity index (χ0) is 19.2. The van der Waals surface area contributed by atoms with Crippen molar-refractivity contribution in [3.8, 4) is 0 Å². The maximum absolute atomic E-state index is 12.5. The van der Waals surface area contributed by atoms with Crippen molar-refractivity contribution in [2.45, 2.75) is 25.6 Å². The molecule has 2 rings (SSSR count). The molecule has 8 nitrogen and oxygen atoms in total. The van der Waals surface area contributed by atoms with Gasteiger partial charge in [-0.2, -0.15) is 13.2 Å². The number of rotatable bonds is 6. The molecule has 1 fully saturated rings. The van der Waals surface area contributed by atoms with Crippen LogP contribution < -0.4 is 10.6 Å². The quantitative estimate of drug-likeness (QED) is 0.587. The fraction of sp³-hybridized carbons (Fsp3) is 0.600. The van der Waals surface area contributed by atoms with E-state index < -0.39 is 11.7 Å². The molecular formula is C15H21F3N6O2. The van der Waals surface area contributed by atoms with E-state index in [4.69, 9.17) is 10.6 Å². The number of nitrogens with zero attached hydrogens (tertiary/aromatic N) is 5. The van der Waals surface area contributed by atoms with Crippen LogP contribution in [-0.4, -0.2) is 65.8 Å². The number of amides is 1. The molecule has 0 aliphatic carbocycles. The number of nitrogens with two attached hydrogens (primary N) is 1. The molecule has 144 valence electrons. The third-order valence-electron chi connectivity index (χ3n) is 3.87. The van der Waals surface area contributed by atoms with Crippen molar-refractivity contribution in [3.05, 3.63) is 18.0 Å². The monoisotopic (exact) mass is 374 g/mol. The number of hydrogen-bond acceptors (Lipinski definition) is 7. The van der Waals surface area contributed by atoms with E-state index in [1.165, 1.54) is 6.21 Å². The number of piperazine rings is 1. The fourth-order valence-corrected chi connectivity index (χ4v) is 2.20. The molecule has 0 bridgehead atoms. The predicted octanol–water partition coefficient (Wildman–Crippen LogP) is 0.884. The molecule has 0 aromatic carbocycles. The summed E-state index contributed by atoms with van der Waals surface area (Å²) in [5.41, 5.74) is 4.74. The molecule has 2 heterocycles. The first kappa shape index (κ1) is 19.9. The summed E-state index contributed by atoms with van der Waals surface area (Å²) in [6, 6.07) is -0.211. The van der Waals surface area contributed by atoms with Crippen molar-refractivity contribution in [1.29, 1.82) is 0 Å². The van der Waals surface area contributed by atoms with Crippen LogP contribution in [0.4, 0.5) is 19.1 Å². The van der Waals surface area contributed by atoms with E-state index in [2.05, 4.69) is 15.1 Å². The molecule has 26 heavy (non-hydrogen) atoms. The first-order chi connectivity index (χ1) is 12.3. The Labute approximate surface area is 148 Å². The molecule has 1 atom stereocenters. The minimum Gasteiger partial charge on any atom is -0.386 e. The number of carbonyl (C=O) groups is 1. The summed E-state index contributed by atoms with van der Waals surface area (Å²) in [4.78, 5) is 27.8. The van der Waals surface area contributed by atoms with E-state index in [1.807, 2.05) is 6.92 Å². The molecule has 1 aliphatic rings. The molecular weight excluding hydrogens is 353 g/mol. The van der Waals surface area contributed by atoms with Crippen LogP contribution in [-0.2, 0) is 15.8 Å². The van der Waals surface area contributed by atoms with Gasteiger partial charge in [-0.25, -0.2) is 9.97 Å². The van der Waals surface area contributed by atoms with Gasteiger partial charge in [0.1, 0.15) is 0 Å². The largest absolute Gasteiger partial charge is 0.419 e. The predicted molar refractivity (Wildman–Crippen MR) is 88.5 cm³/mol. The lowest BCUT2D eigenvalue weighted by molar-refractivity contribution is -0.138.